The summed E-state index contributed by atoms with van der Waals surface area (Å²) in [7, 11) is 0. The number of nitrogens with zero attached hydrogens (tertiary/aromatic N) is 8. The van der Waals surface area contributed by atoms with Crippen molar-refractivity contribution in [1.82, 2.24) is 24.5 Å². The summed E-state index contributed by atoms with van der Waals surface area (Å²) < 4.78 is 1.74. The fraction of sp³-hybridized carbons (Fsp3) is 0.360. The van der Waals surface area contributed by atoms with Crippen molar-refractivity contribution in [3.8, 4) is 12.1 Å². The van der Waals surface area contributed by atoms with Gasteiger partial charge in [-0.1, -0.05) is 23.5 Å². The van der Waals surface area contributed by atoms with E-state index in [0.29, 0.717) is 33.8 Å². The molecule has 3 aromatic rings. The van der Waals surface area contributed by atoms with E-state index in [9.17, 15) is 4.79 Å². The zero-order chi connectivity index (χ0) is 31.4. The molecule has 0 atom stereocenters. The van der Waals surface area contributed by atoms with Gasteiger partial charge in [0.1, 0.15) is 29.1 Å². The Bertz CT molecular complexity index is 1510. The molecule has 0 unspecified atom stereocenters. The van der Waals surface area contributed by atoms with Gasteiger partial charge in [0, 0.05) is 18.5 Å². The number of thioether (sulfide) groups is 2. The van der Waals surface area contributed by atoms with Crippen molar-refractivity contribution in [2.75, 3.05) is 30.9 Å². The minimum Gasteiger partial charge on any atom is -1.00 e. The molecule has 2 N–H and O–H groups in total. The molecule has 3 aromatic heterocycles. The zero-order valence-corrected chi connectivity index (χ0v) is 33.3. The maximum atomic E-state index is 10.8. The third-order valence-corrected chi connectivity index (χ3v) is 5.83. The first-order valence-electron chi connectivity index (χ1n) is 11.6. The van der Waals surface area contributed by atoms with Crippen LogP contribution in [0.3, 0.4) is 0 Å². The van der Waals surface area contributed by atoms with Gasteiger partial charge in [-0.15, -0.1) is 0 Å². The van der Waals surface area contributed by atoms with Gasteiger partial charge in [-0.2, -0.15) is 10.5 Å². The van der Waals surface area contributed by atoms with Gasteiger partial charge < -0.3 is 26.3 Å². The van der Waals surface area contributed by atoms with E-state index < -0.39 is 0 Å². The van der Waals surface area contributed by atoms with Crippen LogP contribution in [0.15, 0.2) is 16.4 Å². The molecule has 14 nitrogen and oxygen atoms in total. The smallest absolute Gasteiger partial charge is 1.00 e. The van der Waals surface area contributed by atoms with E-state index in [1.54, 1.807) is 16.7 Å². The summed E-state index contributed by atoms with van der Waals surface area (Å²) in [6.45, 7) is 14.8. The number of aromatic nitrogens is 5. The van der Waals surface area contributed by atoms with Crippen LogP contribution in [-0.2, 0) is 16.2 Å². The number of nitrogens with one attached hydrogen (secondary N) is 2. The molecule has 3 rings (SSSR count). The summed E-state index contributed by atoms with van der Waals surface area (Å²) in [6, 6.07) is 5.41. The van der Waals surface area contributed by atoms with Gasteiger partial charge in [-0.05, 0) is 46.3 Å². The Morgan fingerprint density at radius 2 is 1.70 bits per heavy atom. The Labute approximate surface area is 345 Å². The number of hydrogen-bond acceptors (Lipinski definition) is 14. The first kappa shape index (κ1) is 46.1. The molecule has 0 aliphatic rings. The molecule has 0 spiro atoms. The van der Waals surface area contributed by atoms with Gasteiger partial charge in [-0.3, -0.25) is 15.0 Å². The molecule has 0 radical (unpaired) electrons. The van der Waals surface area contributed by atoms with Gasteiger partial charge in [0.05, 0.1) is 22.5 Å². The number of aldehydes is 1. The third kappa shape index (κ3) is 15.5. The number of fused-ring (bicyclic) bond motifs is 1. The second kappa shape index (κ2) is 27.1. The minimum absolute atomic E-state index is 0. The predicted molar refractivity (Wildman–Crippen MR) is 154 cm³/mol. The quantitative estimate of drug-likeness (QED) is 0.0365. The topological polar surface area (TPSA) is 211 Å². The average molecular weight is 677 g/mol. The van der Waals surface area contributed by atoms with Crippen molar-refractivity contribution < 1.29 is 124 Å². The van der Waals surface area contributed by atoms with Crippen LogP contribution in [0, 0.1) is 48.5 Å². The fourth-order valence-corrected chi connectivity index (χ4v) is 3.81. The third-order valence-electron chi connectivity index (χ3n) is 4.73. The van der Waals surface area contributed by atoms with Gasteiger partial charge >= 0.3 is 103 Å². The van der Waals surface area contributed by atoms with Gasteiger partial charge in [0.25, 0.3) is 13.0 Å². The SMILES string of the molecule is CCNc1nc(SC)nc(C)c1C=O.CCn1c(=N)c(C#N)cc2c(C)nc(SC)nc21.O=CO[O-].[C-]#[N+]CC#N.[H-].[K+].[K+]. The van der Waals surface area contributed by atoms with E-state index in [2.05, 4.69) is 35.0 Å². The van der Waals surface area contributed by atoms with Gasteiger partial charge in [0.2, 0.25) is 0 Å². The Morgan fingerprint density at radius 1 is 1.14 bits per heavy atom. The van der Waals surface area contributed by atoms with Crippen LogP contribution < -0.4 is 119 Å². The van der Waals surface area contributed by atoms with Crippen LogP contribution >= 0.6 is 23.5 Å². The number of anilines is 1. The summed E-state index contributed by atoms with van der Waals surface area (Å²) in [6.07, 6.45) is 4.62. The van der Waals surface area contributed by atoms with Crippen LogP contribution in [-0.4, -0.2) is 62.9 Å². The minimum atomic E-state index is -0.181. The molecule has 43 heavy (non-hydrogen) atoms. The number of hydrogen-bond donors (Lipinski definition) is 2. The standard InChI is InChI=1S/C12H13N5S.C9H13N3OS.C3H2N2.CH2O3.2K.H/c1-4-17-10(14)8(6-13)5-9-7(2)15-12(18-3)16-11(9)17;1-4-10-8-7(5-13)6(2)11-9(12-8)14-3;1-5-3-2-4;2-1-4-3;;;/h5,14H,4H2,1-3H3;5H,4H2,1-3H3,(H,10,11,12);3H2;1,3H;;;/q;;;;2*+1;-1/p-1. The number of carbonyl (C=O) groups excluding carboxylic acids is 2. The summed E-state index contributed by atoms with van der Waals surface area (Å²) in [5.41, 5.74) is 3.38. The number of rotatable bonds is 7. The molecule has 18 heteroatoms. The van der Waals surface area contributed by atoms with Crippen molar-refractivity contribution in [3.63, 3.8) is 0 Å². The van der Waals surface area contributed by atoms with Crippen molar-refractivity contribution >= 4 is 53.1 Å². The molecule has 0 amide bonds. The molecule has 0 saturated heterocycles. The van der Waals surface area contributed by atoms with E-state index in [4.69, 9.17) is 32.6 Å². The first-order valence-corrected chi connectivity index (χ1v) is 14.1. The molecule has 0 fully saturated rings. The van der Waals surface area contributed by atoms with E-state index >= 15 is 0 Å². The largest absolute Gasteiger partial charge is 1.00 e. The van der Waals surface area contributed by atoms with Gasteiger partial charge in [-0.25, -0.2) is 26.5 Å². The van der Waals surface area contributed by atoms with Gasteiger partial charge in [0.15, 0.2) is 16.6 Å². The van der Waals surface area contributed by atoms with Crippen molar-refractivity contribution in [1.29, 1.82) is 15.9 Å². The number of nitriles is 2. The number of aryl methyl sites for hydroxylation is 3. The summed E-state index contributed by atoms with van der Waals surface area (Å²) in [4.78, 5) is 42.0. The Kier molecular flexibility index (Phi) is 29.0. The molecule has 0 aliphatic heterocycles. The molecule has 0 aliphatic carbocycles. The summed E-state index contributed by atoms with van der Waals surface area (Å²) in [5.74, 6) is 0.624. The van der Waals surface area contributed by atoms with Crippen LogP contribution in [0.2, 0.25) is 0 Å². The molecule has 218 valence electrons. The van der Waals surface area contributed by atoms with E-state index in [1.165, 1.54) is 23.5 Å². The predicted octanol–water partition coefficient (Wildman–Crippen LogP) is -3.43. The van der Waals surface area contributed by atoms with Crippen LogP contribution in [0.5, 0.6) is 0 Å². The van der Waals surface area contributed by atoms with Crippen molar-refractivity contribution in [2.24, 2.45) is 0 Å². The average Bonchev–Trinajstić information content (AvgIpc) is 2.98. The second-order valence-corrected chi connectivity index (χ2v) is 8.72. The maximum absolute atomic E-state index is 10.8. The molecular weight excluding hydrogens is 647 g/mol. The summed E-state index contributed by atoms with van der Waals surface area (Å²) >= 11 is 2.94. The van der Waals surface area contributed by atoms with Crippen molar-refractivity contribution in [3.05, 3.63) is 45.5 Å². The Hall–Kier alpha value is -1.29. The van der Waals surface area contributed by atoms with Crippen LogP contribution in [0.1, 0.15) is 42.6 Å². The van der Waals surface area contributed by atoms with Crippen molar-refractivity contribution in [2.45, 2.75) is 44.6 Å². The number of carbonyl (C=O) groups is 2. The monoisotopic (exact) mass is 676 g/mol. The first-order chi connectivity index (χ1) is 19.7. The molecule has 0 bridgehead atoms. The maximum Gasteiger partial charge on any atom is 1.00 e. The Morgan fingerprint density at radius 3 is 2.09 bits per heavy atom. The number of pyridine rings is 1. The van der Waals surface area contributed by atoms with E-state index in [-0.39, 0.29) is 123 Å². The molecule has 0 aromatic carbocycles. The second-order valence-electron chi connectivity index (χ2n) is 7.17. The fourth-order valence-electron chi connectivity index (χ4n) is 2.99. The Balaban J connectivity index is -0.000000275. The summed E-state index contributed by atoms with van der Waals surface area (Å²) in [5, 5.41) is 38.3. The van der Waals surface area contributed by atoms with Crippen LogP contribution in [0.4, 0.5) is 5.82 Å². The molecular formula is C25H30K2N10O4S2. The molecule has 3 heterocycles. The van der Waals surface area contributed by atoms with E-state index in [0.717, 1.165) is 35.3 Å². The molecule has 0 saturated carbocycles. The normalized spacial score (nSPS) is 8.65. The zero-order valence-electron chi connectivity index (χ0n) is 26.4. The van der Waals surface area contributed by atoms with E-state index in [1.807, 2.05) is 46.3 Å². The van der Waals surface area contributed by atoms with Crippen LogP contribution in [0.25, 0.3) is 15.9 Å².